The van der Waals surface area contributed by atoms with Crippen LogP contribution in [0.4, 0.5) is 0 Å². The highest BCUT2D eigenvalue weighted by Crippen LogP contribution is 2.57. The zero-order valence-electron chi connectivity index (χ0n) is 17.6. The fourth-order valence-corrected chi connectivity index (χ4v) is 6.69. The van der Waals surface area contributed by atoms with Crippen molar-refractivity contribution >= 4 is 5.97 Å². The van der Waals surface area contributed by atoms with E-state index >= 15 is 0 Å². The lowest BCUT2D eigenvalue weighted by Gasteiger charge is -2.42. The first-order valence-electron chi connectivity index (χ1n) is 11.2. The van der Waals surface area contributed by atoms with Crippen molar-refractivity contribution in [3.05, 3.63) is 53.9 Å². The van der Waals surface area contributed by atoms with Crippen LogP contribution in [0.25, 0.3) is 11.1 Å². The fraction of sp³-hybridized carbons (Fsp3) is 0.500. The maximum atomic E-state index is 12.4. The number of hydrogen-bond acceptors (Lipinski definition) is 4. The molecule has 154 valence electrons. The van der Waals surface area contributed by atoms with E-state index in [1.807, 2.05) is 30.5 Å². The number of pyridine rings is 1. The maximum Gasteiger partial charge on any atom is 0.309 e. The molecule has 5 rings (SSSR count). The second-order valence-electron chi connectivity index (χ2n) is 9.52. The SMILES string of the molecule is CC1CC2C(=O)OC(C)C2C2C(Cc3ccc(-c4ccccc4C#N)cn3)CCC12. The summed E-state index contributed by atoms with van der Waals surface area (Å²) in [6.07, 6.45) is 6.36. The summed E-state index contributed by atoms with van der Waals surface area (Å²) in [4.78, 5) is 17.1. The van der Waals surface area contributed by atoms with Gasteiger partial charge in [-0.1, -0.05) is 31.2 Å². The molecule has 0 spiro atoms. The molecule has 0 bridgehead atoms. The molecule has 1 saturated heterocycles. The number of ether oxygens (including phenoxy) is 1. The molecule has 7 atom stereocenters. The predicted octanol–water partition coefficient (Wildman–Crippen LogP) is 5.02. The molecule has 7 unspecified atom stereocenters. The molecule has 30 heavy (non-hydrogen) atoms. The Balaban J connectivity index is 1.37. The third-order valence-corrected chi connectivity index (χ3v) is 7.98. The van der Waals surface area contributed by atoms with Crippen LogP contribution in [-0.2, 0) is 16.0 Å². The Bertz CT molecular complexity index is 993. The quantitative estimate of drug-likeness (QED) is 0.679. The molecular formula is C26H28N2O2. The largest absolute Gasteiger partial charge is 0.462 e. The summed E-state index contributed by atoms with van der Waals surface area (Å²) in [6.45, 7) is 4.41. The molecule has 2 aliphatic carbocycles. The Kier molecular flexibility index (Phi) is 4.85. The second kappa shape index (κ2) is 7.54. The van der Waals surface area contributed by atoms with Crippen LogP contribution >= 0.6 is 0 Å². The Hall–Kier alpha value is -2.67. The minimum atomic E-state index is 0.0297. The number of rotatable bonds is 3. The van der Waals surface area contributed by atoms with Gasteiger partial charge in [-0.2, -0.15) is 5.26 Å². The molecule has 0 radical (unpaired) electrons. The number of fused-ring (bicyclic) bond motifs is 3. The fourth-order valence-electron chi connectivity index (χ4n) is 6.69. The van der Waals surface area contributed by atoms with E-state index in [9.17, 15) is 10.1 Å². The first-order chi connectivity index (χ1) is 14.6. The van der Waals surface area contributed by atoms with Gasteiger partial charge in [0.1, 0.15) is 6.10 Å². The lowest BCUT2D eigenvalue weighted by molar-refractivity contribution is -0.144. The minimum absolute atomic E-state index is 0.0297. The number of hydrogen-bond donors (Lipinski definition) is 0. The van der Waals surface area contributed by atoms with E-state index in [0.717, 1.165) is 29.7 Å². The number of aromatic nitrogens is 1. The van der Waals surface area contributed by atoms with Crippen molar-refractivity contribution in [1.29, 1.82) is 5.26 Å². The smallest absolute Gasteiger partial charge is 0.309 e. The van der Waals surface area contributed by atoms with Gasteiger partial charge in [0.25, 0.3) is 0 Å². The third-order valence-electron chi connectivity index (χ3n) is 7.98. The van der Waals surface area contributed by atoms with Gasteiger partial charge < -0.3 is 4.74 Å². The lowest BCUT2D eigenvalue weighted by Crippen LogP contribution is -2.41. The number of benzene rings is 1. The Labute approximate surface area is 178 Å². The number of esters is 1. The molecule has 4 nitrogen and oxygen atoms in total. The molecule has 2 heterocycles. The Morgan fingerprint density at radius 1 is 1.13 bits per heavy atom. The number of nitriles is 1. The van der Waals surface area contributed by atoms with Gasteiger partial charge in [-0.15, -0.1) is 0 Å². The topological polar surface area (TPSA) is 63.0 Å². The van der Waals surface area contributed by atoms with Crippen LogP contribution in [0, 0.1) is 46.8 Å². The van der Waals surface area contributed by atoms with Gasteiger partial charge in [-0.05, 0) is 68.4 Å². The van der Waals surface area contributed by atoms with E-state index in [1.165, 1.54) is 12.8 Å². The van der Waals surface area contributed by atoms with Gasteiger partial charge in [-0.25, -0.2) is 0 Å². The van der Waals surface area contributed by atoms with E-state index in [0.29, 0.717) is 35.2 Å². The molecule has 3 fully saturated rings. The Morgan fingerprint density at radius 2 is 1.97 bits per heavy atom. The van der Waals surface area contributed by atoms with Crippen LogP contribution in [0.2, 0.25) is 0 Å². The van der Waals surface area contributed by atoms with Crippen LogP contribution < -0.4 is 0 Å². The van der Waals surface area contributed by atoms with Crippen molar-refractivity contribution in [2.24, 2.45) is 35.5 Å². The van der Waals surface area contributed by atoms with Crippen molar-refractivity contribution in [3.8, 4) is 17.2 Å². The maximum absolute atomic E-state index is 12.4. The molecule has 0 N–H and O–H groups in total. The number of nitrogens with zero attached hydrogens (tertiary/aromatic N) is 2. The molecular weight excluding hydrogens is 372 g/mol. The summed E-state index contributed by atoms with van der Waals surface area (Å²) in [7, 11) is 0. The monoisotopic (exact) mass is 400 g/mol. The zero-order valence-corrected chi connectivity index (χ0v) is 17.6. The van der Waals surface area contributed by atoms with E-state index in [1.54, 1.807) is 0 Å². The average Bonchev–Trinajstić information content (AvgIpc) is 3.29. The van der Waals surface area contributed by atoms with E-state index < -0.39 is 0 Å². The van der Waals surface area contributed by atoms with E-state index in [4.69, 9.17) is 9.72 Å². The first-order valence-corrected chi connectivity index (χ1v) is 11.2. The average molecular weight is 401 g/mol. The first kappa shape index (κ1) is 19.3. The molecule has 1 aromatic carbocycles. The van der Waals surface area contributed by atoms with Gasteiger partial charge in [0.15, 0.2) is 0 Å². The summed E-state index contributed by atoms with van der Waals surface area (Å²) >= 11 is 0. The van der Waals surface area contributed by atoms with Crippen molar-refractivity contribution < 1.29 is 9.53 Å². The zero-order chi connectivity index (χ0) is 20.8. The van der Waals surface area contributed by atoms with Crippen molar-refractivity contribution in [1.82, 2.24) is 4.98 Å². The summed E-state index contributed by atoms with van der Waals surface area (Å²) in [5, 5.41) is 9.37. The highest BCUT2D eigenvalue weighted by atomic mass is 16.6. The summed E-state index contributed by atoms with van der Waals surface area (Å²) < 4.78 is 5.67. The van der Waals surface area contributed by atoms with Crippen LogP contribution in [0.3, 0.4) is 0 Å². The van der Waals surface area contributed by atoms with Crippen LogP contribution in [0.15, 0.2) is 42.6 Å². The molecule has 0 amide bonds. The molecule has 2 aromatic rings. The second-order valence-corrected chi connectivity index (χ2v) is 9.52. The normalized spacial score (nSPS) is 34.7. The van der Waals surface area contributed by atoms with Crippen LogP contribution in [-0.4, -0.2) is 17.1 Å². The van der Waals surface area contributed by atoms with Gasteiger partial charge in [-0.3, -0.25) is 9.78 Å². The van der Waals surface area contributed by atoms with Gasteiger partial charge in [0.05, 0.1) is 17.6 Å². The molecule has 3 aliphatic rings. The Morgan fingerprint density at radius 3 is 2.73 bits per heavy atom. The summed E-state index contributed by atoms with van der Waals surface area (Å²) in [6, 6.07) is 14.1. The van der Waals surface area contributed by atoms with Crippen LogP contribution in [0.5, 0.6) is 0 Å². The summed E-state index contributed by atoms with van der Waals surface area (Å²) in [5.74, 6) is 2.91. The highest BCUT2D eigenvalue weighted by molar-refractivity contribution is 5.75. The van der Waals surface area contributed by atoms with E-state index in [-0.39, 0.29) is 18.0 Å². The third kappa shape index (κ3) is 3.12. The van der Waals surface area contributed by atoms with Crippen molar-refractivity contribution in [2.45, 2.75) is 45.6 Å². The molecule has 4 heteroatoms. The number of carbonyl (C=O) groups is 1. The number of carbonyl (C=O) groups excluding carboxylic acids is 1. The van der Waals surface area contributed by atoms with Gasteiger partial charge in [0.2, 0.25) is 0 Å². The molecule has 1 aliphatic heterocycles. The van der Waals surface area contributed by atoms with Crippen molar-refractivity contribution in [3.63, 3.8) is 0 Å². The van der Waals surface area contributed by atoms with Crippen molar-refractivity contribution in [2.75, 3.05) is 0 Å². The van der Waals surface area contributed by atoms with Gasteiger partial charge >= 0.3 is 5.97 Å². The van der Waals surface area contributed by atoms with E-state index in [2.05, 4.69) is 32.0 Å². The number of cyclic esters (lactones) is 1. The molecule has 2 saturated carbocycles. The highest BCUT2D eigenvalue weighted by Gasteiger charge is 2.57. The lowest BCUT2D eigenvalue weighted by atomic mass is 9.61. The van der Waals surface area contributed by atoms with Gasteiger partial charge in [0, 0.05) is 28.9 Å². The minimum Gasteiger partial charge on any atom is -0.462 e. The summed E-state index contributed by atoms with van der Waals surface area (Å²) in [5.41, 5.74) is 3.69. The standard InChI is InChI=1S/C26H28N2O2/c1-15-11-23-24(16(2)30-26(23)29)25-17(8-10-21(15)25)12-20-9-7-19(14-28-20)22-6-4-3-5-18(22)13-27/h3-7,9,14-17,21,23-25H,8,10-12H2,1-2H3. The van der Waals surface area contributed by atoms with Crippen LogP contribution in [0.1, 0.15) is 44.4 Å². The predicted molar refractivity (Wildman–Crippen MR) is 114 cm³/mol. The molecule has 1 aromatic heterocycles.